The number of hydrogen-bond acceptors (Lipinski definition) is 3. The number of Topliss-reactive ketones (excluding diaryl/α,β-unsaturated/α-hetero) is 1. The van der Waals surface area contributed by atoms with Crippen LogP contribution in [0.4, 0.5) is 0 Å². The molecule has 1 aliphatic carbocycles. The van der Waals surface area contributed by atoms with Gasteiger partial charge >= 0.3 is 0 Å². The van der Waals surface area contributed by atoms with Crippen LogP contribution < -0.4 is 0 Å². The Morgan fingerprint density at radius 1 is 1.12 bits per heavy atom. The van der Waals surface area contributed by atoms with Crippen LogP contribution in [0.2, 0.25) is 0 Å². The molecule has 0 unspecified atom stereocenters. The van der Waals surface area contributed by atoms with Crippen molar-refractivity contribution in [1.29, 1.82) is 0 Å². The van der Waals surface area contributed by atoms with Crippen molar-refractivity contribution >= 4 is 5.78 Å². The second kappa shape index (κ2) is 3.52. The van der Waals surface area contributed by atoms with E-state index in [4.69, 9.17) is 0 Å². The van der Waals surface area contributed by atoms with Crippen molar-refractivity contribution in [1.82, 2.24) is 9.97 Å². The van der Waals surface area contributed by atoms with E-state index in [0.29, 0.717) is 6.42 Å². The lowest BCUT2D eigenvalue weighted by molar-refractivity contribution is 0.0994. The molecule has 3 nitrogen and oxygen atoms in total. The van der Waals surface area contributed by atoms with Crippen LogP contribution >= 0.6 is 0 Å². The van der Waals surface area contributed by atoms with E-state index in [-0.39, 0.29) is 5.78 Å². The van der Waals surface area contributed by atoms with Gasteiger partial charge in [0.25, 0.3) is 0 Å². The average Bonchev–Trinajstić information content (AvgIpc) is 2.72. The van der Waals surface area contributed by atoms with Crippen LogP contribution in [0.5, 0.6) is 0 Å². The Hall–Kier alpha value is -2.03. The van der Waals surface area contributed by atoms with Gasteiger partial charge in [-0.3, -0.25) is 14.8 Å². The number of aromatic nitrogens is 2. The standard InChI is InChI=1S/C13H10N2O/c16-13-4-2-9-7-10(1-3-11(9)13)12-8-14-5-6-15-12/h1,3,5-8H,2,4H2. The third-order valence-electron chi connectivity index (χ3n) is 2.89. The molecule has 0 atom stereocenters. The van der Waals surface area contributed by atoms with E-state index in [9.17, 15) is 4.79 Å². The maximum Gasteiger partial charge on any atom is 0.163 e. The SMILES string of the molecule is O=C1CCc2cc(-c3cnccn3)ccc21. The monoisotopic (exact) mass is 210 g/mol. The number of carbonyl (C=O) groups excluding carboxylic acids is 1. The summed E-state index contributed by atoms with van der Waals surface area (Å²) in [6.45, 7) is 0. The average molecular weight is 210 g/mol. The van der Waals surface area contributed by atoms with Crippen molar-refractivity contribution in [2.24, 2.45) is 0 Å². The molecular weight excluding hydrogens is 200 g/mol. The van der Waals surface area contributed by atoms with Crippen LogP contribution in [-0.4, -0.2) is 15.8 Å². The van der Waals surface area contributed by atoms with Gasteiger partial charge in [0.1, 0.15) is 0 Å². The number of ketones is 1. The number of nitrogens with zero attached hydrogens (tertiary/aromatic N) is 2. The van der Waals surface area contributed by atoms with Gasteiger partial charge in [0.2, 0.25) is 0 Å². The molecule has 0 N–H and O–H groups in total. The third kappa shape index (κ3) is 1.41. The Balaban J connectivity index is 2.09. The van der Waals surface area contributed by atoms with Gasteiger partial charge in [-0.2, -0.15) is 0 Å². The summed E-state index contributed by atoms with van der Waals surface area (Å²) in [5.41, 5.74) is 3.88. The summed E-state index contributed by atoms with van der Waals surface area (Å²) in [6.07, 6.45) is 6.55. The molecule has 0 fully saturated rings. The highest BCUT2D eigenvalue weighted by Gasteiger charge is 2.19. The molecule has 16 heavy (non-hydrogen) atoms. The lowest BCUT2D eigenvalue weighted by Gasteiger charge is -2.02. The zero-order valence-electron chi connectivity index (χ0n) is 8.68. The molecule has 1 aromatic heterocycles. The number of carbonyl (C=O) groups is 1. The Labute approximate surface area is 93.2 Å². The summed E-state index contributed by atoms with van der Waals surface area (Å²) in [4.78, 5) is 19.8. The van der Waals surface area contributed by atoms with Gasteiger partial charge in [-0.25, -0.2) is 0 Å². The number of aryl methyl sites for hydroxylation is 1. The smallest absolute Gasteiger partial charge is 0.163 e. The largest absolute Gasteiger partial charge is 0.294 e. The van der Waals surface area contributed by atoms with Gasteiger partial charge in [-0.05, 0) is 18.1 Å². The van der Waals surface area contributed by atoms with E-state index in [0.717, 1.165) is 28.8 Å². The van der Waals surface area contributed by atoms with Crippen LogP contribution in [0.3, 0.4) is 0 Å². The molecule has 78 valence electrons. The molecule has 1 aromatic carbocycles. The molecule has 0 bridgehead atoms. The summed E-state index contributed by atoms with van der Waals surface area (Å²) in [7, 11) is 0. The van der Waals surface area contributed by atoms with Gasteiger partial charge in [0.15, 0.2) is 5.78 Å². The van der Waals surface area contributed by atoms with Gasteiger partial charge < -0.3 is 0 Å². The maximum atomic E-state index is 11.5. The molecule has 1 heterocycles. The van der Waals surface area contributed by atoms with Crippen LogP contribution in [-0.2, 0) is 6.42 Å². The number of rotatable bonds is 1. The van der Waals surface area contributed by atoms with Gasteiger partial charge in [0, 0.05) is 29.9 Å². The number of hydrogen-bond donors (Lipinski definition) is 0. The quantitative estimate of drug-likeness (QED) is 0.725. The maximum absolute atomic E-state index is 11.5. The Bertz CT molecular complexity index is 549. The van der Waals surface area contributed by atoms with E-state index in [1.54, 1.807) is 18.6 Å². The molecule has 0 spiro atoms. The zero-order chi connectivity index (χ0) is 11.0. The van der Waals surface area contributed by atoms with E-state index < -0.39 is 0 Å². The highest BCUT2D eigenvalue weighted by Crippen LogP contribution is 2.26. The Morgan fingerprint density at radius 2 is 2.06 bits per heavy atom. The molecule has 0 saturated heterocycles. The Morgan fingerprint density at radius 3 is 2.88 bits per heavy atom. The first-order valence-electron chi connectivity index (χ1n) is 5.27. The normalized spacial score (nSPS) is 13.9. The number of fused-ring (bicyclic) bond motifs is 1. The van der Waals surface area contributed by atoms with Crippen LogP contribution in [0, 0.1) is 0 Å². The molecule has 3 heteroatoms. The predicted molar refractivity (Wildman–Crippen MR) is 60.1 cm³/mol. The van der Waals surface area contributed by atoms with Crippen LogP contribution in [0.25, 0.3) is 11.3 Å². The van der Waals surface area contributed by atoms with Crippen LogP contribution in [0.15, 0.2) is 36.8 Å². The van der Waals surface area contributed by atoms with Crippen molar-refractivity contribution in [3.8, 4) is 11.3 Å². The minimum atomic E-state index is 0.251. The van der Waals surface area contributed by atoms with Crippen molar-refractivity contribution in [2.75, 3.05) is 0 Å². The third-order valence-corrected chi connectivity index (χ3v) is 2.89. The minimum Gasteiger partial charge on any atom is -0.294 e. The van der Waals surface area contributed by atoms with E-state index in [2.05, 4.69) is 9.97 Å². The summed E-state index contributed by atoms with van der Waals surface area (Å²) >= 11 is 0. The van der Waals surface area contributed by atoms with Crippen LogP contribution in [0.1, 0.15) is 22.3 Å². The fourth-order valence-corrected chi connectivity index (χ4v) is 2.06. The summed E-state index contributed by atoms with van der Waals surface area (Å²) in [5.74, 6) is 0.251. The molecule has 0 radical (unpaired) electrons. The van der Waals surface area contributed by atoms with Gasteiger partial charge in [-0.1, -0.05) is 12.1 Å². The fourth-order valence-electron chi connectivity index (χ4n) is 2.06. The predicted octanol–water partition coefficient (Wildman–Crippen LogP) is 2.27. The lowest BCUT2D eigenvalue weighted by Crippen LogP contribution is -1.91. The topological polar surface area (TPSA) is 42.9 Å². The van der Waals surface area contributed by atoms with Crippen molar-refractivity contribution in [3.05, 3.63) is 47.9 Å². The second-order valence-electron chi connectivity index (χ2n) is 3.89. The Kier molecular flexibility index (Phi) is 2.03. The molecule has 0 amide bonds. The first-order valence-corrected chi connectivity index (χ1v) is 5.27. The zero-order valence-corrected chi connectivity index (χ0v) is 8.68. The summed E-state index contributed by atoms with van der Waals surface area (Å²) < 4.78 is 0. The van der Waals surface area contributed by atoms with Gasteiger partial charge in [-0.15, -0.1) is 0 Å². The molecule has 0 aliphatic heterocycles. The lowest BCUT2D eigenvalue weighted by atomic mass is 10.0. The first-order chi connectivity index (χ1) is 7.84. The molecular formula is C13H10N2O. The highest BCUT2D eigenvalue weighted by atomic mass is 16.1. The summed E-state index contributed by atoms with van der Waals surface area (Å²) in [6, 6.07) is 5.88. The van der Waals surface area contributed by atoms with E-state index in [1.807, 2.05) is 18.2 Å². The molecule has 3 rings (SSSR count). The second-order valence-corrected chi connectivity index (χ2v) is 3.89. The molecule has 1 aliphatic rings. The van der Waals surface area contributed by atoms with E-state index >= 15 is 0 Å². The highest BCUT2D eigenvalue weighted by molar-refractivity contribution is 6.00. The van der Waals surface area contributed by atoms with Crippen molar-refractivity contribution in [2.45, 2.75) is 12.8 Å². The van der Waals surface area contributed by atoms with Crippen molar-refractivity contribution in [3.63, 3.8) is 0 Å². The minimum absolute atomic E-state index is 0.251. The molecule has 0 saturated carbocycles. The summed E-state index contributed by atoms with van der Waals surface area (Å²) in [5, 5.41) is 0. The number of benzene rings is 1. The molecule has 2 aromatic rings. The van der Waals surface area contributed by atoms with Gasteiger partial charge in [0.05, 0.1) is 11.9 Å². The van der Waals surface area contributed by atoms with Crippen molar-refractivity contribution < 1.29 is 4.79 Å². The van der Waals surface area contributed by atoms with E-state index in [1.165, 1.54) is 0 Å². The fraction of sp³-hybridized carbons (Fsp3) is 0.154. The first kappa shape index (κ1) is 9.21.